The van der Waals surface area contributed by atoms with Crippen molar-refractivity contribution in [2.45, 2.75) is 20.8 Å². The lowest BCUT2D eigenvalue weighted by atomic mass is 9.99. The van der Waals surface area contributed by atoms with E-state index in [4.69, 9.17) is 9.47 Å². The number of aryl methyl sites for hydroxylation is 2. The summed E-state index contributed by atoms with van der Waals surface area (Å²) in [7, 11) is 1.56. The Morgan fingerprint density at radius 2 is 1.67 bits per heavy atom. The Morgan fingerprint density at radius 3 is 2.39 bits per heavy atom. The highest BCUT2D eigenvalue weighted by molar-refractivity contribution is 6.46. The van der Waals surface area contributed by atoms with Crippen LogP contribution in [0.4, 0.5) is 11.4 Å². The minimum absolute atomic E-state index is 0.203. The van der Waals surface area contributed by atoms with Crippen LogP contribution in [0.5, 0.6) is 11.5 Å². The van der Waals surface area contributed by atoms with Crippen LogP contribution in [0.1, 0.15) is 23.6 Å². The van der Waals surface area contributed by atoms with Crippen LogP contribution in [0.15, 0.2) is 72.4 Å². The summed E-state index contributed by atoms with van der Waals surface area (Å²) in [6.45, 7) is 6.36. The molecular weight excluding hydrogens is 416 g/mol. The Morgan fingerprint density at radius 1 is 0.879 bits per heavy atom. The van der Waals surface area contributed by atoms with Gasteiger partial charge in [0.1, 0.15) is 17.2 Å². The molecule has 1 N–H and O–H groups in total. The second kappa shape index (κ2) is 9.20. The van der Waals surface area contributed by atoms with E-state index in [1.54, 1.807) is 43.5 Å². The van der Waals surface area contributed by atoms with E-state index in [1.165, 1.54) is 4.90 Å². The smallest absolute Gasteiger partial charge is 0.282 e. The molecule has 4 rings (SSSR count). The summed E-state index contributed by atoms with van der Waals surface area (Å²) in [5.41, 5.74) is 4.39. The molecule has 0 atom stereocenters. The fourth-order valence-electron chi connectivity index (χ4n) is 3.81. The summed E-state index contributed by atoms with van der Waals surface area (Å²) < 4.78 is 11.0. The molecule has 0 aromatic heterocycles. The molecule has 0 saturated carbocycles. The topological polar surface area (TPSA) is 67.9 Å². The van der Waals surface area contributed by atoms with Crippen molar-refractivity contribution in [3.63, 3.8) is 0 Å². The zero-order chi connectivity index (χ0) is 23.5. The summed E-state index contributed by atoms with van der Waals surface area (Å²) in [5, 5.41) is 3.17. The number of carbonyl (C=O) groups excluding carboxylic acids is 2. The molecule has 2 amide bonds. The number of para-hydroxylation sites is 2. The lowest BCUT2D eigenvalue weighted by Gasteiger charge is -2.17. The van der Waals surface area contributed by atoms with Crippen molar-refractivity contribution < 1.29 is 19.1 Å². The highest BCUT2D eigenvalue weighted by atomic mass is 16.5. The summed E-state index contributed by atoms with van der Waals surface area (Å²) in [6, 6.07) is 20.0. The van der Waals surface area contributed by atoms with Gasteiger partial charge in [-0.15, -0.1) is 0 Å². The monoisotopic (exact) mass is 442 g/mol. The fraction of sp³-hybridized carbons (Fsp3) is 0.185. The van der Waals surface area contributed by atoms with Crippen LogP contribution >= 0.6 is 0 Å². The van der Waals surface area contributed by atoms with Gasteiger partial charge in [0, 0.05) is 6.07 Å². The maximum atomic E-state index is 13.7. The molecule has 1 aliphatic heterocycles. The van der Waals surface area contributed by atoms with E-state index in [-0.39, 0.29) is 5.70 Å². The zero-order valence-electron chi connectivity index (χ0n) is 19.1. The van der Waals surface area contributed by atoms with Gasteiger partial charge in [-0.3, -0.25) is 9.59 Å². The van der Waals surface area contributed by atoms with Crippen LogP contribution in [-0.2, 0) is 9.59 Å². The quantitative estimate of drug-likeness (QED) is 0.515. The number of ether oxygens (including phenoxy) is 2. The van der Waals surface area contributed by atoms with E-state index in [1.807, 2.05) is 51.1 Å². The van der Waals surface area contributed by atoms with Crippen molar-refractivity contribution in [2.24, 2.45) is 0 Å². The third-order valence-corrected chi connectivity index (χ3v) is 5.63. The molecule has 0 fully saturated rings. The average Bonchev–Trinajstić information content (AvgIpc) is 3.05. The van der Waals surface area contributed by atoms with Gasteiger partial charge in [-0.1, -0.05) is 36.4 Å². The number of imide groups is 1. The van der Waals surface area contributed by atoms with E-state index in [0.29, 0.717) is 40.6 Å². The van der Waals surface area contributed by atoms with Gasteiger partial charge in [-0.05, 0) is 61.7 Å². The van der Waals surface area contributed by atoms with Crippen molar-refractivity contribution in [1.82, 2.24) is 0 Å². The largest absolute Gasteiger partial charge is 0.495 e. The SMILES string of the molecule is CCOc1cccc(N2C(=O)C(Nc3ccccc3OC)=C(c3ccc(C)c(C)c3)C2=O)c1. The zero-order valence-corrected chi connectivity index (χ0v) is 19.1. The highest BCUT2D eigenvalue weighted by Gasteiger charge is 2.40. The van der Waals surface area contributed by atoms with E-state index in [2.05, 4.69) is 5.32 Å². The maximum Gasteiger partial charge on any atom is 0.282 e. The number of hydrogen-bond acceptors (Lipinski definition) is 5. The molecule has 0 unspecified atom stereocenters. The van der Waals surface area contributed by atoms with Gasteiger partial charge >= 0.3 is 0 Å². The van der Waals surface area contributed by atoms with Crippen molar-refractivity contribution in [3.8, 4) is 11.5 Å². The normalized spacial score (nSPS) is 13.5. The second-order valence-electron chi connectivity index (χ2n) is 7.75. The molecule has 0 aliphatic carbocycles. The number of anilines is 2. The molecular formula is C27H26N2O4. The minimum atomic E-state index is -0.437. The van der Waals surface area contributed by atoms with Crippen LogP contribution in [0.3, 0.4) is 0 Å². The highest BCUT2D eigenvalue weighted by Crippen LogP contribution is 2.36. The second-order valence-corrected chi connectivity index (χ2v) is 7.75. The van der Waals surface area contributed by atoms with E-state index in [9.17, 15) is 9.59 Å². The fourth-order valence-corrected chi connectivity index (χ4v) is 3.81. The van der Waals surface area contributed by atoms with E-state index < -0.39 is 11.8 Å². The predicted molar refractivity (Wildman–Crippen MR) is 130 cm³/mol. The van der Waals surface area contributed by atoms with Gasteiger partial charge in [-0.25, -0.2) is 4.90 Å². The molecule has 0 spiro atoms. The molecule has 6 nitrogen and oxygen atoms in total. The Labute approximate surface area is 193 Å². The molecule has 0 bridgehead atoms. The molecule has 1 heterocycles. The lowest BCUT2D eigenvalue weighted by Crippen LogP contribution is -2.32. The Hall–Kier alpha value is -4.06. The first kappa shape index (κ1) is 22.1. The molecule has 168 valence electrons. The molecule has 3 aromatic rings. The van der Waals surface area contributed by atoms with Gasteiger partial charge in [0.2, 0.25) is 0 Å². The summed E-state index contributed by atoms with van der Waals surface area (Å²) in [4.78, 5) is 28.5. The van der Waals surface area contributed by atoms with Gasteiger partial charge < -0.3 is 14.8 Å². The van der Waals surface area contributed by atoms with Gasteiger partial charge in [-0.2, -0.15) is 0 Å². The lowest BCUT2D eigenvalue weighted by molar-refractivity contribution is -0.120. The molecule has 3 aromatic carbocycles. The van der Waals surface area contributed by atoms with Crippen molar-refractivity contribution >= 4 is 28.8 Å². The number of carbonyl (C=O) groups is 2. The molecule has 33 heavy (non-hydrogen) atoms. The number of amides is 2. The molecule has 0 saturated heterocycles. The van der Waals surface area contributed by atoms with Crippen LogP contribution in [0, 0.1) is 13.8 Å². The van der Waals surface area contributed by atoms with Gasteiger partial charge in [0.25, 0.3) is 11.8 Å². The Kier molecular flexibility index (Phi) is 6.18. The number of nitrogens with one attached hydrogen (secondary N) is 1. The first-order valence-corrected chi connectivity index (χ1v) is 10.8. The van der Waals surface area contributed by atoms with Crippen LogP contribution in [-0.4, -0.2) is 25.5 Å². The van der Waals surface area contributed by atoms with E-state index in [0.717, 1.165) is 11.1 Å². The van der Waals surface area contributed by atoms with Crippen molar-refractivity contribution in [1.29, 1.82) is 0 Å². The van der Waals surface area contributed by atoms with Crippen LogP contribution in [0.25, 0.3) is 5.57 Å². The standard InChI is InChI=1S/C27H26N2O4/c1-5-33-21-10-8-9-20(16-21)29-26(30)24(19-14-13-17(2)18(3)15-19)25(27(29)31)28-22-11-6-7-12-23(22)32-4/h6-16,28H,5H2,1-4H3. The number of methoxy groups -OCH3 is 1. The van der Waals surface area contributed by atoms with E-state index >= 15 is 0 Å². The first-order valence-electron chi connectivity index (χ1n) is 10.8. The van der Waals surface area contributed by atoms with Crippen molar-refractivity contribution in [2.75, 3.05) is 23.9 Å². The minimum Gasteiger partial charge on any atom is -0.495 e. The molecule has 6 heteroatoms. The number of benzene rings is 3. The maximum absolute atomic E-state index is 13.7. The number of nitrogens with zero attached hydrogens (tertiary/aromatic N) is 1. The molecule has 0 radical (unpaired) electrons. The van der Waals surface area contributed by atoms with Gasteiger partial charge in [0.15, 0.2) is 0 Å². The Bertz CT molecular complexity index is 1260. The third-order valence-electron chi connectivity index (χ3n) is 5.63. The van der Waals surface area contributed by atoms with Crippen molar-refractivity contribution in [3.05, 3.63) is 89.1 Å². The summed E-state index contributed by atoms with van der Waals surface area (Å²) in [6.07, 6.45) is 0. The first-order chi connectivity index (χ1) is 15.9. The Balaban J connectivity index is 1.84. The van der Waals surface area contributed by atoms with Gasteiger partial charge in [0.05, 0.1) is 30.7 Å². The molecule has 1 aliphatic rings. The third kappa shape index (κ3) is 4.20. The summed E-state index contributed by atoms with van der Waals surface area (Å²) in [5.74, 6) is 0.332. The number of rotatable bonds is 7. The number of hydrogen-bond donors (Lipinski definition) is 1. The van der Waals surface area contributed by atoms with Crippen LogP contribution in [0.2, 0.25) is 0 Å². The van der Waals surface area contributed by atoms with Crippen LogP contribution < -0.4 is 19.7 Å². The average molecular weight is 443 g/mol. The summed E-state index contributed by atoms with van der Waals surface area (Å²) >= 11 is 0. The predicted octanol–water partition coefficient (Wildman–Crippen LogP) is 5.11.